The summed E-state index contributed by atoms with van der Waals surface area (Å²) in [6, 6.07) is -0.225. The summed E-state index contributed by atoms with van der Waals surface area (Å²) in [7, 11) is 0. The summed E-state index contributed by atoms with van der Waals surface area (Å²) < 4.78 is 1.85. The number of hydrogen-bond donors (Lipinski definition) is 2. The van der Waals surface area contributed by atoms with Gasteiger partial charge in [-0.2, -0.15) is 5.10 Å². The van der Waals surface area contributed by atoms with E-state index in [0.29, 0.717) is 6.54 Å². The maximum Gasteiger partial charge on any atom is 0.0625 e. The van der Waals surface area contributed by atoms with Gasteiger partial charge in [0, 0.05) is 11.7 Å². The first-order chi connectivity index (χ1) is 6.06. The molecule has 1 unspecified atom stereocenters. The highest BCUT2D eigenvalue weighted by Gasteiger charge is 2.09. The van der Waals surface area contributed by atoms with Crippen LogP contribution in [0.4, 0.5) is 0 Å². The maximum absolute atomic E-state index is 8.80. The van der Waals surface area contributed by atoms with Crippen molar-refractivity contribution in [3.63, 3.8) is 0 Å². The lowest BCUT2D eigenvalue weighted by molar-refractivity contribution is 0.250. The van der Waals surface area contributed by atoms with E-state index in [4.69, 9.17) is 10.8 Å². The molecule has 0 amide bonds. The van der Waals surface area contributed by atoms with Gasteiger partial charge in [0.05, 0.1) is 18.8 Å². The number of rotatable bonds is 3. The highest BCUT2D eigenvalue weighted by molar-refractivity contribution is 5.22. The molecule has 0 aliphatic carbocycles. The third-order valence-corrected chi connectivity index (χ3v) is 2.39. The van der Waals surface area contributed by atoms with Crippen molar-refractivity contribution in [2.75, 3.05) is 6.61 Å². The Morgan fingerprint density at radius 3 is 2.46 bits per heavy atom. The highest BCUT2D eigenvalue weighted by atomic mass is 16.3. The van der Waals surface area contributed by atoms with Crippen molar-refractivity contribution >= 4 is 0 Å². The Morgan fingerprint density at radius 2 is 2.08 bits per heavy atom. The van der Waals surface area contributed by atoms with Gasteiger partial charge in [0.15, 0.2) is 0 Å². The van der Waals surface area contributed by atoms with Crippen LogP contribution in [0.25, 0.3) is 0 Å². The van der Waals surface area contributed by atoms with Gasteiger partial charge in [0.2, 0.25) is 0 Å². The Balaban J connectivity index is 2.83. The SMILES string of the molecule is Cc1nn(CC(N)CO)c(C)c1C. The van der Waals surface area contributed by atoms with E-state index in [2.05, 4.69) is 5.10 Å². The second-order valence-corrected chi connectivity index (χ2v) is 3.42. The van der Waals surface area contributed by atoms with Gasteiger partial charge in [0.25, 0.3) is 0 Å². The number of aromatic nitrogens is 2. The van der Waals surface area contributed by atoms with Crippen molar-refractivity contribution < 1.29 is 5.11 Å². The molecule has 74 valence electrons. The molecule has 0 aromatic carbocycles. The van der Waals surface area contributed by atoms with Gasteiger partial charge in [-0.3, -0.25) is 4.68 Å². The zero-order chi connectivity index (χ0) is 10.0. The number of nitrogens with zero attached hydrogens (tertiary/aromatic N) is 2. The Kier molecular flexibility index (Phi) is 3.06. The van der Waals surface area contributed by atoms with E-state index in [1.165, 1.54) is 5.56 Å². The molecule has 0 aliphatic rings. The lowest BCUT2D eigenvalue weighted by atomic mass is 10.2. The summed E-state index contributed by atoms with van der Waals surface area (Å²) >= 11 is 0. The van der Waals surface area contributed by atoms with E-state index in [1.54, 1.807) is 0 Å². The van der Waals surface area contributed by atoms with Gasteiger partial charge >= 0.3 is 0 Å². The fourth-order valence-corrected chi connectivity index (χ4v) is 1.24. The molecule has 3 N–H and O–H groups in total. The summed E-state index contributed by atoms with van der Waals surface area (Å²) in [5.41, 5.74) is 8.98. The summed E-state index contributed by atoms with van der Waals surface area (Å²) in [6.45, 7) is 6.61. The number of aryl methyl sites for hydroxylation is 1. The molecule has 0 aliphatic heterocycles. The van der Waals surface area contributed by atoms with Crippen molar-refractivity contribution in [3.8, 4) is 0 Å². The Hall–Kier alpha value is -0.870. The van der Waals surface area contributed by atoms with Crippen LogP contribution in [0.3, 0.4) is 0 Å². The third kappa shape index (κ3) is 2.08. The summed E-state index contributed by atoms with van der Waals surface area (Å²) in [6.07, 6.45) is 0. The molecule has 0 bridgehead atoms. The minimum absolute atomic E-state index is 0.00258. The fourth-order valence-electron chi connectivity index (χ4n) is 1.24. The molecule has 4 heteroatoms. The van der Waals surface area contributed by atoms with Crippen LogP contribution in [0.2, 0.25) is 0 Å². The number of aliphatic hydroxyl groups excluding tert-OH is 1. The normalized spacial score (nSPS) is 13.3. The standard InChI is InChI=1S/C9H17N3O/c1-6-7(2)11-12(8(6)3)4-9(10)5-13/h9,13H,4-5,10H2,1-3H3. The third-order valence-electron chi connectivity index (χ3n) is 2.39. The number of nitrogens with two attached hydrogens (primary N) is 1. The molecule has 1 rings (SSSR count). The van der Waals surface area contributed by atoms with Crippen molar-refractivity contribution in [1.29, 1.82) is 0 Å². The van der Waals surface area contributed by atoms with E-state index < -0.39 is 0 Å². The summed E-state index contributed by atoms with van der Waals surface area (Å²) in [4.78, 5) is 0. The minimum atomic E-state index is -0.225. The van der Waals surface area contributed by atoms with E-state index in [0.717, 1.165) is 11.4 Å². The smallest absolute Gasteiger partial charge is 0.0625 e. The predicted molar refractivity (Wildman–Crippen MR) is 51.5 cm³/mol. The van der Waals surface area contributed by atoms with Crippen LogP contribution >= 0.6 is 0 Å². The van der Waals surface area contributed by atoms with Crippen LogP contribution in [-0.4, -0.2) is 27.5 Å². The van der Waals surface area contributed by atoms with Crippen molar-refractivity contribution in [1.82, 2.24) is 9.78 Å². The largest absolute Gasteiger partial charge is 0.395 e. The quantitative estimate of drug-likeness (QED) is 0.700. The summed E-state index contributed by atoms with van der Waals surface area (Å²) in [5.74, 6) is 0. The van der Waals surface area contributed by atoms with E-state index in [-0.39, 0.29) is 12.6 Å². The highest BCUT2D eigenvalue weighted by Crippen LogP contribution is 2.10. The molecule has 1 aromatic heterocycles. The average Bonchev–Trinajstić information content (AvgIpc) is 2.34. The molecular weight excluding hydrogens is 166 g/mol. The molecular formula is C9H17N3O. The lowest BCUT2D eigenvalue weighted by Crippen LogP contribution is -2.30. The van der Waals surface area contributed by atoms with Gasteiger partial charge < -0.3 is 10.8 Å². The zero-order valence-corrected chi connectivity index (χ0v) is 8.41. The topological polar surface area (TPSA) is 64.1 Å². The first kappa shape index (κ1) is 10.2. The van der Waals surface area contributed by atoms with E-state index in [9.17, 15) is 0 Å². The molecule has 4 nitrogen and oxygen atoms in total. The monoisotopic (exact) mass is 183 g/mol. The molecule has 1 atom stereocenters. The molecule has 1 heterocycles. The lowest BCUT2D eigenvalue weighted by Gasteiger charge is -2.09. The number of aliphatic hydroxyl groups is 1. The van der Waals surface area contributed by atoms with Crippen molar-refractivity contribution in [2.24, 2.45) is 5.73 Å². The molecule has 0 radical (unpaired) electrons. The first-order valence-electron chi connectivity index (χ1n) is 4.43. The van der Waals surface area contributed by atoms with E-state index >= 15 is 0 Å². The van der Waals surface area contributed by atoms with E-state index in [1.807, 2.05) is 25.5 Å². The van der Waals surface area contributed by atoms with Crippen LogP contribution in [0.1, 0.15) is 17.0 Å². The van der Waals surface area contributed by atoms with Gasteiger partial charge in [-0.15, -0.1) is 0 Å². The van der Waals surface area contributed by atoms with Gasteiger partial charge in [-0.05, 0) is 26.3 Å². The average molecular weight is 183 g/mol. The van der Waals surface area contributed by atoms with Crippen LogP contribution < -0.4 is 5.73 Å². The van der Waals surface area contributed by atoms with Crippen molar-refractivity contribution in [3.05, 3.63) is 17.0 Å². The molecule has 0 fully saturated rings. The van der Waals surface area contributed by atoms with Crippen LogP contribution in [0, 0.1) is 20.8 Å². The Bertz CT molecular complexity index is 293. The van der Waals surface area contributed by atoms with Gasteiger partial charge in [-0.25, -0.2) is 0 Å². The van der Waals surface area contributed by atoms with Crippen LogP contribution in [0.15, 0.2) is 0 Å². The fraction of sp³-hybridized carbons (Fsp3) is 0.667. The van der Waals surface area contributed by atoms with Gasteiger partial charge in [-0.1, -0.05) is 0 Å². The molecule has 1 aromatic rings. The second-order valence-electron chi connectivity index (χ2n) is 3.42. The molecule has 13 heavy (non-hydrogen) atoms. The Morgan fingerprint density at radius 1 is 1.46 bits per heavy atom. The maximum atomic E-state index is 8.80. The van der Waals surface area contributed by atoms with Crippen LogP contribution in [-0.2, 0) is 6.54 Å². The number of hydrogen-bond acceptors (Lipinski definition) is 3. The first-order valence-corrected chi connectivity index (χ1v) is 4.43. The van der Waals surface area contributed by atoms with Crippen LogP contribution in [0.5, 0.6) is 0 Å². The summed E-state index contributed by atoms with van der Waals surface area (Å²) in [5, 5.41) is 13.1. The van der Waals surface area contributed by atoms with Crippen molar-refractivity contribution in [2.45, 2.75) is 33.4 Å². The molecule has 0 spiro atoms. The second kappa shape index (κ2) is 3.89. The Labute approximate surface area is 78.4 Å². The van der Waals surface area contributed by atoms with Gasteiger partial charge in [0.1, 0.15) is 0 Å². The molecule has 0 saturated carbocycles. The zero-order valence-electron chi connectivity index (χ0n) is 8.41. The minimum Gasteiger partial charge on any atom is -0.395 e. The predicted octanol–water partition coefficient (Wildman–Crippen LogP) is 0.128. The molecule has 0 saturated heterocycles.